The zero-order valence-electron chi connectivity index (χ0n) is 27.7. The van der Waals surface area contributed by atoms with Crippen molar-refractivity contribution >= 4 is 28.5 Å². The van der Waals surface area contributed by atoms with Crippen LogP contribution in [0.25, 0.3) is 21.9 Å². The number of amides is 3. The van der Waals surface area contributed by atoms with E-state index in [1.807, 2.05) is 30.5 Å². The van der Waals surface area contributed by atoms with Gasteiger partial charge in [-0.1, -0.05) is 6.07 Å². The first-order chi connectivity index (χ1) is 23.7. The molecular weight excluding hydrogens is 626 g/mol. The number of hydrogen-bond acceptors (Lipinski definition) is 9. The molecule has 0 spiro atoms. The number of aromatic nitrogens is 2. The molecule has 252 valence electrons. The van der Waals surface area contributed by atoms with E-state index in [1.165, 1.54) is 4.90 Å². The maximum atomic E-state index is 13.2. The number of piperidine rings is 1. The fraction of sp³-hybridized carbons (Fsp3) is 0.378. The number of rotatable bonds is 9. The summed E-state index contributed by atoms with van der Waals surface area (Å²) in [5.74, 6) is 1.48. The van der Waals surface area contributed by atoms with Crippen molar-refractivity contribution in [3.63, 3.8) is 0 Å². The lowest BCUT2D eigenvalue weighted by molar-refractivity contribution is -0.136. The van der Waals surface area contributed by atoms with Crippen LogP contribution in [0.5, 0.6) is 17.2 Å². The minimum Gasteiger partial charge on any atom is -0.496 e. The summed E-state index contributed by atoms with van der Waals surface area (Å²) in [5, 5.41) is 3.79. The van der Waals surface area contributed by atoms with Gasteiger partial charge in [-0.25, -0.2) is 0 Å². The number of benzene rings is 2. The van der Waals surface area contributed by atoms with Gasteiger partial charge in [0.1, 0.15) is 29.4 Å². The molecule has 2 aromatic heterocycles. The van der Waals surface area contributed by atoms with Crippen molar-refractivity contribution in [2.75, 3.05) is 27.3 Å². The fourth-order valence-corrected chi connectivity index (χ4v) is 7.25. The molecule has 3 aliphatic heterocycles. The Morgan fingerprint density at radius 2 is 1.67 bits per heavy atom. The van der Waals surface area contributed by atoms with Gasteiger partial charge in [0.25, 0.3) is 11.5 Å². The van der Waals surface area contributed by atoms with Gasteiger partial charge in [-0.3, -0.25) is 34.4 Å². The van der Waals surface area contributed by atoms with Gasteiger partial charge in [-0.05, 0) is 66.1 Å². The van der Waals surface area contributed by atoms with Gasteiger partial charge < -0.3 is 23.7 Å². The van der Waals surface area contributed by atoms with Crippen molar-refractivity contribution in [3.05, 3.63) is 81.5 Å². The summed E-state index contributed by atoms with van der Waals surface area (Å²) in [4.78, 5) is 58.6. The number of imide groups is 1. The summed E-state index contributed by atoms with van der Waals surface area (Å²) in [6.45, 7) is 2.26. The smallest absolute Gasteiger partial charge is 0.259 e. The van der Waals surface area contributed by atoms with Crippen molar-refractivity contribution in [1.29, 1.82) is 0 Å². The van der Waals surface area contributed by atoms with Crippen LogP contribution >= 0.6 is 0 Å². The molecule has 2 aromatic carbocycles. The van der Waals surface area contributed by atoms with Crippen molar-refractivity contribution in [2.24, 2.45) is 7.05 Å². The first-order valence-electron chi connectivity index (χ1n) is 16.6. The molecule has 4 aromatic rings. The van der Waals surface area contributed by atoms with Gasteiger partial charge in [0.15, 0.2) is 0 Å². The number of nitrogens with one attached hydrogen (secondary N) is 1. The molecule has 5 heterocycles. The van der Waals surface area contributed by atoms with Crippen LogP contribution in [0.3, 0.4) is 0 Å². The molecule has 12 nitrogen and oxygen atoms in total. The molecule has 1 atom stereocenters. The van der Waals surface area contributed by atoms with Crippen molar-refractivity contribution in [3.8, 4) is 28.4 Å². The molecule has 1 N–H and O–H groups in total. The molecule has 0 radical (unpaired) electrons. The highest BCUT2D eigenvalue weighted by Crippen LogP contribution is 2.42. The zero-order valence-corrected chi connectivity index (χ0v) is 27.7. The molecule has 49 heavy (non-hydrogen) atoms. The second kappa shape index (κ2) is 12.0. The Morgan fingerprint density at radius 1 is 0.918 bits per heavy atom. The molecule has 12 heteroatoms. The normalized spacial score (nSPS) is 19.5. The Bertz CT molecular complexity index is 2070. The Kier molecular flexibility index (Phi) is 7.62. The molecule has 1 aliphatic carbocycles. The third-order valence-corrected chi connectivity index (χ3v) is 10.1. The lowest BCUT2D eigenvalue weighted by Crippen LogP contribution is -2.53. The maximum Gasteiger partial charge on any atom is 0.259 e. The van der Waals surface area contributed by atoms with Crippen LogP contribution in [0.1, 0.15) is 58.8 Å². The van der Waals surface area contributed by atoms with Crippen LogP contribution in [0, 0.1) is 0 Å². The van der Waals surface area contributed by atoms with Gasteiger partial charge in [-0.2, -0.15) is 0 Å². The number of aryl methyl sites for hydroxylation is 1. The predicted octanol–water partition coefficient (Wildman–Crippen LogP) is 3.52. The molecule has 1 unspecified atom stereocenters. The van der Waals surface area contributed by atoms with E-state index in [4.69, 9.17) is 14.2 Å². The standard InChI is InChI=1S/C37H37N5O7/c1-40-18-28(26-13-30(20-4-5-20)38-14-27(26)36(40)45)22-10-32(47-2)29(33(11-22)48-3)19-41-16-24(17-41)49-23-7-6-21-15-42(37(46)25(21)12-23)31-8-9-34(43)39-35(31)44/h6-7,10-14,18,20,24,31H,4-5,8-9,15-17,19H2,1-3H3,(H,39,43,44). The monoisotopic (exact) mass is 663 g/mol. The van der Waals surface area contributed by atoms with E-state index in [-0.39, 0.29) is 29.9 Å². The minimum atomic E-state index is -0.650. The fourth-order valence-electron chi connectivity index (χ4n) is 7.25. The molecule has 3 fully saturated rings. The van der Waals surface area contributed by atoms with Crippen molar-refractivity contribution in [2.45, 2.75) is 56.8 Å². The topological polar surface area (TPSA) is 132 Å². The highest BCUT2D eigenvalue weighted by Gasteiger charge is 2.39. The summed E-state index contributed by atoms with van der Waals surface area (Å²) < 4.78 is 19.7. The van der Waals surface area contributed by atoms with Crippen molar-refractivity contribution < 1.29 is 28.6 Å². The van der Waals surface area contributed by atoms with Gasteiger partial charge in [0.05, 0.1) is 25.2 Å². The number of nitrogens with zero attached hydrogens (tertiary/aromatic N) is 4. The third-order valence-electron chi connectivity index (χ3n) is 10.1. The second-order valence-electron chi connectivity index (χ2n) is 13.4. The molecular formula is C37H37N5O7. The Balaban J connectivity index is 0.970. The van der Waals surface area contributed by atoms with E-state index in [9.17, 15) is 19.2 Å². The van der Waals surface area contributed by atoms with Gasteiger partial charge >= 0.3 is 0 Å². The third kappa shape index (κ3) is 5.59. The Labute approximate surface area is 282 Å². The largest absolute Gasteiger partial charge is 0.496 e. The molecule has 2 saturated heterocycles. The Hall–Kier alpha value is -5.23. The summed E-state index contributed by atoms with van der Waals surface area (Å²) >= 11 is 0. The predicted molar refractivity (Wildman–Crippen MR) is 180 cm³/mol. The van der Waals surface area contributed by atoms with Crippen LogP contribution in [-0.2, 0) is 29.7 Å². The number of ether oxygens (including phenoxy) is 3. The highest BCUT2D eigenvalue weighted by molar-refractivity contribution is 6.05. The Morgan fingerprint density at radius 3 is 2.37 bits per heavy atom. The molecule has 1 saturated carbocycles. The van der Waals surface area contributed by atoms with E-state index < -0.39 is 11.9 Å². The van der Waals surface area contributed by atoms with E-state index in [1.54, 1.807) is 38.1 Å². The maximum absolute atomic E-state index is 13.2. The van der Waals surface area contributed by atoms with Crippen molar-refractivity contribution in [1.82, 2.24) is 24.7 Å². The average molecular weight is 664 g/mol. The van der Waals surface area contributed by atoms with Gasteiger partial charge in [0, 0.05) is 74.8 Å². The second-order valence-corrected chi connectivity index (χ2v) is 13.4. The summed E-state index contributed by atoms with van der Waals surface area (Å²) in [7, 11) is 5.05. The first kappa shape index (κ1) is 31.1. The number of carbonyl (C=O) groups is 3. The van der Waals surface area contributed by atoms with E-state index >= 15 is 0 Å². The average Bonchev–Trinajstić information content (AvgIpc) is 3.89. The minimum absolute atomic E-state index is 0.0664. The number of carbonyl (C=O) groups excluding carboxylic acids is 3. The van der Waals surface area contributed by atoms with Crippen LogP contribution < -0.4 is 25.1 Å². The summed E-state index contributed by atoms with van der Waals surface area (Å²) in [5.41, 5.74) is 5.02. The quantitative estimate of drug-likeness (QED) is 0.267. The van der Waals surface area contributed by atoms with Crippen LogP contribution in [0.2, 0.25) is 0 Å². The summed E-state index contributed by atoms with van der Waals surface area (Å²) in [6, 6.07) is 10.9. The van der Waals surface area contributed by atoms with Gasteiger partial charge in [-0.15, -0.1) is 0 Å². The first-order valence-corrected chi connectivity index (χ1v) is 16.6. The van der Waals surface area contributed by atoms with Crippen LogP contribution in [0.4, 0.5) is 0 Å². The number of hydrogen-bond donors (Lipinski definition) is 1. The molecule has 8 rings (SSSR count). The van der Waals surface area contributed by atoms with E-state index in [0.29, 0.717) is 66.7 Å². The number of likely N-dealkylation sites (tertiary alicyclic amines) is 1. The number of pyridine rings is 2. The van der Waals surface area contributed by atoms with E-state index in [0.717, 1.165) is 46.2 Å². The highest BCUT2D eigenvalue weighted by atomic mass is 16.5. The molecule has 4 aliphatic rings. The van der Waals surface area contributed by atoms with Gasteiger partial charge in [0.2, 0.25) is 11.8 Å². The van der Waals surface area contributed by atoms with Crippen LogP contribution in [-0.4, -0.2) is 76.5 Å². The summed E-state index contributed by atoms with van der Waals surface area (Å²) in [6.07, 6.45) is 6.29. The lowest BCUT2D eigenvalue weighted by atomic mass is 9.97. The zero-order chi connectivity index (χ0) is 34.0. The SMILES string of the molecule is COc1cc(-c2cn(C)c(=O)c3cnc(C4CC4)cc23)cc(OC)c1CN1CC(Oc2ccc3c(c2)C(=O)N(C2CCC(=O)NC2=O)C3)C1. The lowest BCUT2D eigenvalue weighted by Gasteiger charge is -2.39. The number of fused-ring (bicyclic) bond motifs is 2. The molecule has 0 bridgehead atoms. The number of methoxy groups -OCH3 is 2. The van der Waals surface area contributed by atoms with Crippen LogP contribution in [0.15, 0.2) is 53.6 Å². The molecule has 3 amide bonds. The van der Waals surface area contributed by atoms with E-state index in [2.05, 4.69) is 21.3 Å².